The molecule has 3 aromatic carbocycles. The van der Waals surface area contributed by atoms with Gasteiger partial charge in [-0.15, -0.1) is 0 Å². The molecule has 0 aliphatic heterocycles. The first-order valence-electron chi connectivity index (χ1n) is 9.47. The van der Waals surface area contributed by atoms with Crippen LogP contribution in [0.5, 0.6) is 5.75 Å². The van der Waals surface area contributed by atoms with Gasteiger partial charge in [0, 0.05) is 17.4 Å². The first-order chi connectivity index (χ1) is 13.3. The average molecular weight is 358 g/mol. The number of fused-ring (bicyclic) bond motifs is 3. The van der Waals surface area contributed by atoms with Crippen molar-refractivity contribution < 1.29 is 14.1 Å². The number of hydrogen-bond acceptors (Lipinski definition) is 2. The normalized spacial score (nSPS) is 12.0. The summed E-state index contributed by atoms with van der Waals surface area (Å²) in [7, 11) is 1.68. The molecule has 1 aromatic heterocycles. The molecular formula is C24H24NO2+. The Balaban J connectivity index is 1.98. The average Bonchev–Trinajstić information content (AvgIpc) is 2.73. The van der Waals surface area contributed by atoms with Crippen LogP contribution in [0.15, 0.2) is 71.1 Å². The minimum absolute atomic E-state index is 0.839. The number of ether oxygens (including phenoxy) is 1. The highest BCUT2D eigenvalue weighted by Gasteiger charge is 2.12. The molecule has 0 aliphatic rings. The Morgan fingerprint density at radius 3 is 2.52 bits per heavy atom. The SMILES string of the molecule is CCCC[NH+]=c1cc(-c2ccc(OC)cc2)oc2c1ccc1ccccc12. The first-order valence-corrected chi connectivity index (χ1v) is 9.47. The van der Waals surface area contributed by atoms with Crippen molar-refractivity contribution in [2.24, 2.45) is 0 Å². The minimum Gasteiger partial charge on any atom is -0.497 e. The van der Waals surface area contributed by atoms with Crippen LogP contribution in [-0.2, 0) is 0 Å². The molecule has 1 heterocycles. The first kappa shape index (κ1) is 17.3. The summed E-state index contributed by atoms with van der Waals surface area (Å²) in [6.45, 7) is 3.15. The van der Waals surface area contributed by atoms with E-state index < -0.39 is 0 Å². The largest absolute Gasteiger partial charge is 0.497 e. The third-order valence-electron chi connectivity index (χ3n) is 4.88. The maximum Gasteiger partial charge on any atom is 0.213 e. The monoisotopic (exact) mass is 358 g/mol. The molecule has 4 aromatic rings. The van der Waals surface area contributed by atoms with E-state index in [0.717, 1.165) is 58.2 Å². The Labute approximate surface area is 158 Å². The zero-order valence-corrected chi connectivity index (χ0v) is 15.8. The summed E-state index contributed by atoms with van der Waals surface area (Å²) >= 11 is 0. The summed E-state index contributed by atoms with van der Waals surface area (Å²) in [5, 5.41) is 4.53. The van der Waals surface area contributed by atoms with Crippen molar-refractivity contribution >= 4 is 21.7 Å². The lowest BCUT2D eigenvalue weighted by Gasteiger charge is -2.07. The van der Waals surface area contributed by atoms with Gasteiger partial charge < -0.3 is 9.15 Å². The lowest BCUT2D eigenvalue weighted by molar-refractivity contribution is -0.499. The highest BCUT2D eigenvalue weighted by molar-refractivity contribution is 6.04. The van der Waals surface area contributed by atoms with E-state index in [9.17, 15) is 0 Å². The van der Waals surface area contributed by atoms with Gasteiger partial charge in [-0.25, -0.2) is 4.99 Å². The molecule has 4 rings (SSSR count). The van der Waals surface area contributed by atoms with Gasteiger partial charge in [-0.3, -0.25) is 0 Å². The van der Waals surface area contributed by atoms with Gasteiger partial charge in [-0.2, -0.15) is 0 Å². The fourth-order valence-corrected chi connectivity index (χ4v) is 3.36. The molecule has 0 saturated carbocycles. The van der Waals surface area contributed by atoms with Crippen LogP contribution in [-0.4, -0.2) is 13.7 Å². The van der Waals surface area contributed by atoms with Gasteiger partial charge in [-0.05, 0) is 35.7 Å². The number of hydrogen-bond donors (Lipinski definition) is 1. The number of nitrogens with one attached hydrogen (secondary N) is 1. The topological polar surface area (TPSA) is 36.3 Å². The van der Waals surface area contributed by atoms with Crippen LogP contribution in [0.2, 0.25) is 0 Å². The van der Waals surface area contributed by atoms with Crippen molar-refractivity contribution in [1.29, 1.82) is 0 Å². The molecule has 3 heteroatoms. The van der Waals surface area contributed by atoms with Crippen molar-refractivity contribution in [3.8, 4) is 17.1 Å². The highest BCUT2D eigenvalue weighted by atomic mass is 16.5. The number of methoxy groups -OCH3 is 1. The van der Waals surface area contributed by atoms with Crippen LogP contribution in [0.3, 0.4) is 0 Å². The van der Waals surface area contributed by atoms with Gasteiger partial charge in [0.25, 0.3) is 0 Å². The Hall–Kier alpha value is -3.07. The Morgan fingerprint density at radius 1 is 0.926 bits per heavy atom. The van der Waals surface area contributed by atoms with E-state index in [4.69, 9.17) is 9.15 Å². The molecule has 0 unspecified atom stereocenters. The van der Waals surface area contributed by atoms with Gasteiger partial charge in [-0.1, -0.05) is 43.7 Å². The van der Waals surface area contributed by atoms with E-state index >= 15 is 0 Å². The predicted molar refractivity (Wildman–Crippen MR) is 110 cm³/mol. The molecule has 3 nitrogen and oxygen atoms in total. The molecule has 0 radical (unpaired) electrons. The summed E-state index contributed by atoms with van der Waals surface area (Å²) in [5.74, 6) is 1.69. The van der Waals surface area contributed by atoms with E-state index in [1.807, 2.05) is 24.3 Å². The Kier molecular flexibility index (Phi) is 4.93. The molecule has 0 aliphatic carbocycles. The van der Waals surface area contributed by atoms with Crippen LogP contribution in [0, 0.1) is 0 Å². The van der Waals surface area contributed by atoms with Crippen LogP contribution >= 0.6 is 0 Å². The van der Waals surface area contributed by atoms with Crippen molar-refractivity contribution in [3.63, 3.8) is 0 Å². The Morgan fingerprint density at radius 2 is 1.74 bits per heavy atom. The molecule has 0 fully saturated rings. The van der Waals surface area contributed by atoms with Gasteiger partial charge in [0.2, 0.25) is 5.36 Å². The van der Waals surface area contributed by atoms with E-state index in [1.165, 1.54) is 5.39 Å². The van der Waals surface area contributed by atoms with E-state index in [0.29, 0.717) is 0 Å². The van der Waals surface area contributed by atoms with Gasteiger partial charge in [0.15, 0.2) is 0 Å². The standard InChI is InChI=1S/C24H23NO2/c1-3-4-15-25-22-16-23(18-9-12-19(26-2)13-10-18)27-24-20-8-6-5-7-17(20)11-14-21(22)24/h5-14,16H,3-4,15H2,1-2H3/p+1. The fourth-order valence-electron chi connectivity index (χ4n) is 3.36. The van der Waals surface area contributed by atoms with E-state index in [2.05, 4.69) is 54.4 Å². The number of benzene rings is 3. The third kappa shape index (κ3) is 3.45. The van der Waals surface area contributed by atoms with Crippen molar-refractivity contribution in [3.05, 3.63) is 72.1 Å². The molecule has 1 N–H and O–H groups in total. The third-order valence-corrected chi connectivity index (χ3v) is 4.88. The molecule has 0 spiro atoms. The van der Waals surface area contributed by atoms with Crippen LogP contribution in [0.1, 0.15) is 19.8 Å². The van der Waals surface area contributed by atoms with Crippen molar-refractivity contribution in [2.45, 2.75) is 19.8 Å². The van der Waals surface area contributed by atoms with E-state index in [1.54, 1.807) is 7.11 Å². The maximum absolute atomic E-state index is 6.40. The van der Waals surface area contributed by atoms with E-state index in [-0.39, 0.29) is 0 Å². The zero-order valence-electron chi connectivity index (χ0n) is 15.8. The minimum atomic E-state index is 0.839. The molecule has 0 atom stereocenters. The lowest BCUT2D eigenvalue weighted by Crippen LogP contribution is -2.76. The van der Waals surface area contributed by atoms with Gasteiger partial charge >= 0.3 is 0 Å². The summed E-state index contributed by atoms with van der Waals surface area (Å²) in [6, 6.07) is 22.7. The lowest BCUT2D eigenvalue weighted by atomic mass is 10.1. The second-order valence-corrected chi connectivity index (χ2v) is 6.70. The zero-order chi connectivity index (χ0) is 18.6. The summed E-state index contributed by atoms with van der Waals surface area (Å²) in [4.78, 5) is 3.60. The predicted octanol–water partition coefficient (Wildman–Crippen LogP) is 4.04. The molecule has 0 saturated heterocycles. The summed E-state index contributed by atoms with van der Waals surface area (Å²) in [6.07, 6.45) is 2.30. The molecular weight excluding hydrogens is 334 g/mol. The quantitative estimate of drug-likeness (QED) is 0.432. The van der Waals surface area contributed by atoms with Crippen LogP contribution < -0.4 is 15.1 Å². The van der Waals surface area contributed by atoms with Crippen molar-refractivity contribution in [1.82, 2.24) is 0 Å². The fraction of sp³-hybridized carbons (Fsp3) is 0.208. The second-order valence-electron chi connectivity index (χ2n) is 6.70. The molecule has 0 bridgehead atoms. The van der Waals surface area contributed by atoms with Crippen LogP contribution in [0.4, 0.5) is 0 Å². The summed E-state index contributed by atoms with van der Waals surface area (Å²) in [5.41, 5.74) is 1.95. The molecule has 0 amide bonds. The van der Waals surface area contributed by atoms with Gasteiger partial charge in [0.05, 0.1) is 18.6 Å². The molecule has 136 valence electrons. The number of rotatable bonds is 5. The smallest absolute Gasteiger partial charge is 0.213 e. The number of unbranched alkanes of at least 4 members (excludes halogenated alkanes) is 1. The maximum atomic E-state index is 6.40. The second kappa shape index (κ2) is 7.67. The highest BCUT2D eigenvalue weighted by Crippen LogP contribution is 2.28. The molecule has 27 heavy (non-hydrogen) atoms. The Bertz CT molecular complexity index is 1140. The van der Waals surface area contributed by atoms with Crippen LogP contribution in [0.25, 0.3) is 33.1 Å². The van der Waals surface area contributed by atoms with Crippen molar-refractivity contribution in [2.75, 3.05) is 13.7 Å². The summed E-state index contributed by atoms with van der Waals surface area (Å²) < 4.78 is 11.7. The van der Waals surface area contributed by atoms with Gasteiger partial charge in [0.1, 0.15) is 23.6 Å².